The molecule has 13 heteroatoms. The van der Waals surface area contributed by atoms with Crippen molar-refractivity contribution in [3.8, 4) is 0 Å². The standard InChI is InChI=1S/C9H14N3O8P.H3N/c10-5-1-2-12(9(15)11-5)8-7(14)6(13)4(20-8)3-19-21(16,17)18;/h1-2,4,6-8,13-14H,3H2,(H2,10,11,15)(H2,16,17,18);1H3. The first kappa shape index (κ1) is 18.7. The number of anilines is 1. The van der Waals surface area contributed by atoms with Gasteiger partial charge in [-0.1, -0.05) is 0 Å². The van der Waals surface area contributed by atoms with E-state index in [1.807, 2.05) is 0 Å². The topological polar surface area (TPSA) is 212 Å². The first-order valence-corrected chi connectivity index (χ1v) is 7.28. The van der Waals surface area contributed by atoms with Crippen LogP contribution in [-0.4, -0.2) is 54.5 Å². The number of ether oxygens (including phenoxy) is 1. The molecule has 1 aliphatic heterocycles. The van der Waals surface area contributed by atoms with Gasteiger partial charge in [-0.05, 0) is 6.07 Å². The van der Waals surface area contributed by atoms with Crippen molar-refractivity contribution in [2.75, 3.05) is 12.3 Å². The monoisotopic (exact) mass is 340 g/mol. The normalized spacial score (nSPS) is 28.4. The second-order valence-corrected chi connectivity index (χ2v) is 5.61. The Hall–Kier alpha value is -1.37. The molecule has 0 bridgehead atoms. The van der Waals surface area contributed by atoms with Gasteiger partial charge in [-0.2, -0.15) is 4.98 Å². The van der Waals surface area contributed by atoms with Crippen molar-refractivity contribution < 1.29 is 33.8 Å². The molecule has 0 saturated carbocycles. The van der Waals surface area contributed by atoms with Crippen molar-refractivity contribution in [3.05, 3.63) is 22.7 Å². The van der Waals surface area contributed by atoms with Crippen LogP contribution in [-0.2, 0) is 13.8 Å². The second-order valence-electron chi connectivity index (χ2n) is 4.37. The molecule has 126 valence electrons. The number of nitrogen functional groups attached to an aromatic ring is 1. The Balaban J connectivity index is 0.00000242. The van der Waals surface area contributed by atoms with Gasteiger partial charge in [-0.15, -0.1) is 0 Å². The molecule has 1 aliphatic rings. The lowest BCUT2D eigenvalue weighted by Gasteiger charge is -2.16. The molecule has 0 radical (unpaired) electrons. The molecule has 0 spiro atoms. The Labute approximate surface area is 123 Å². The molecule has 22 heavy (non-hydrogen) atoms. The van der Waals surface area contributed by atoms with Gasteiger partial charge >= 0.3 is 13.5 Å². The van der Waals surface area contributed by atoms with E-state index in [0.717, 1.165) is 4.57 Å². The molecule has 9 N–H and O–H groups in total. The third-order valence-electron chi connectivity index (χ3n) is 2.87. The quantitative estimate of drug-likeness (QED) is 0.321. The maximum atomic E-state index is 11.6. The van der Waals surface area contributed by atoms with Gasteiger partial charge in [-0.3, -0.25) is 9.09 Å². The fraction of sp³-hybridized carbons (Fsp3) is 0.556. The number of phosphoric acid groups is 1. The second kappa shape index (κ2) is 6.81. The molecule has 1 aromatic rings. The van der Waals surface area contributed by atoms with Crippen molar-refractivity contribution >= 4 is 13.6 Å². The minimum absolute atomic E-state index is 0. The van der Waals surface area contributed by atoms with Crippen LogP contribution in [0.15, 0.2) is 17.1 Å². The van der Waals surface area contributed by atoms with Crippen LogP contribution in [0.5, 0.6) is 0 Å². The Bertz CT molecular complexity index is 618. The minimum Gasteiger partial charge on any atom is -0.387 e. The van der Waals surface area contributed by atoms with Crippen LogP contribution in [0.2, 0.25) is 0 Å². The summed E-state index contributed by atoms with van der Waals surface area (Å²) in [6, 6.07) is 1.29. The lowest BCUT2D eigenvalue weighted by Crippen LogP contribution is -2.36. The van der Waals surface area contributed by atoms with Crippen LogP contribution in [0, 0.1) is 0 Å². The maximum absolute atomic E-state index is 11.6. The summed E-state index contributed by atoms with van der Waals surface area (Å²) in [5.74, 6) is -0.0225. The summed E-state index contributed by atoms with van der Waals surface area (Å²) < 4.78 is 20.9. The van der Waals surface area contributed by atoms with Gasteiger partial charge in [0.25, 0.3) is 0 Å². The highest BCUT2D eigenvalue weighted by Crippen LogP contribution is 2.38. The smallest absolute Gasteiger partial charge is 0.387 e. The number of aliphatic hydroxyl groups is 2. The van der Waals surface area contributed by atoms with Crippen molar-refractivity contribution in [2.24, 2.45) is 0 Å². The molecular formula is C9H17N4O8P. The average molecular weight is 340 g/mol. The Kier molecular flexibility index (Phi) is 5.78. The molecule has 12 nitrogen and oxygen atoms in total. The van der Waals surface area contributed by atoms with E-state index in [9.17, 15) is 19.6 Å². The Morgan fingerprint density at radius 3 is 2.59 bits per heavy atom. The molecule has 2 heterocycles. The number of nitrogens with two attached hydrogens (primary N) is 1. The first-order valence-electron chi connectivity index (χ1n) is 5.75. The first-order chi connectivity index (χ1) is 9.69. The number of aliphatic hydroxyl groups excluding tert-OH is 2. The van der Waals surface area contributed by atoms with Gasteiger partial charge in [0, 0.05) is 6.20 Å². The van der Waals surface area contributed by atoms with E-state index in [2.05, 4.69) is 9.51 Å². The van der Waals surface area contributed by atoms with Crippen LogP contribution in [0.3, 0.4) is 0 Å². The van der Waals surface area contributed by atoms with Gasteiger partial charge in [0.1, 0.15) is 24.1 Å². The van der Waals surface area contributed by atoms with Crippen molar-refractivity contribution in [1.82, 2.24) is 15.7 Å². The lowest BCUT2D eigenvalue weighted by atomic mass is 10.1. The molecule has 1 saturated heterocycles. The lowest BCUT2D eigenvalue weighted by molar-refractivity contribution is -0.0542. The van der Waals surface area contributed by atoms with Crippen molar-refractivity contribution in [2.45, 2.75) is 24.5 Å². The fourth-order valence-electron chi connectivity index (χ4n) is 1.89. The Morgan fingerprint density at radius 1 is 1.41 bits per heavy atom. The fourth-order valence-corrected chi connectivity index (χ4v) is 2.23. The van der Waals surface area contributed by atoms with Crippen LogP contribution in [0.1, 0.15) is 6.23 Å². The summed E-state index contributed by atoms with van der Waals surface area (Å²) in [7, 11) is -4.74. The predicted octanol–water partition coefficient (Wildman–Crippen LogP) is -2.28. The van der Waals surface area contributed by atoms with E-state index in [0.29, 0.717) is 0 Å². The van der Waals surface area contributed by atoms with Gasteiger partial charge in [-0.25, -0.2) is 9.36 Å². The summed E-state index contributed by atoms with van der Waals surface area (Å²) in [6.07, 6.45) is -4.27. The van der Waals surface area contributed by atoms with Crippen LogP contribution < -0.4 is 17.6 Å². The van der Waals surface area contributed by atoms with E-state index in [1.165, 1.54) is 12.3 Å². The SMILES string of the molecule is N.Nc1ccn(C2OC(COP(=O)(O)O)C(O)C2O)c(=O)n1. The average Bonchev–Trinajstić information content (AvgIpc) is 2.64. The summed E-state index contributed by atoms with van der Waals surface area (Å²) in [4.78, 5) is 32.3. The van der Waals surface area contributed by atoms with E-state index in [4.69, 9.17) is 20.3 Å². The molecule has 0 aliphatic carbocycles. The summed E-state index contributed by atoms with van der Waals surface area (Å²) in [6.45, 7) is -0.657. The van der Waals surface area contributed by atoms with E-state index in [1.54, 1.807) is 0 Å². The Morgan fingerprint density at radius 2 is 2.05 bits per heavy atom. The highest BCUT2D eigenvalue weighted by Gasteiger charge is 2.44. The summed E-state index contributed by atoms with van der Waals surface area (Å²) in [5, 5.41) is 19.6. The van der Waals surface area contributed by atoms with Gasteiger partial charge in [0.2, 0.25) is 0 Å². The van der Waals surface area contributed by atoms with E-state index in [-0.39, 0.29) is 12.0 Å². The molecule has 1 fully saturated rings. The predicted molar refractivity (Wildman–Crippen MR) is 71.9 cm³/mol. The van der Waals surface area contributed by atoms with Crippen LogP contribution in [0.4, 0.5) is 5.82 Å². The van der Waals surface area contributed by atoms with E-state index < -0.39 is 44.7 Å². The zero-order valence-electron chi connectivity index (χ0n) is 11.2. The molecule has 0 amide bonds. The molecular weight excluding hydrogens is 323 g/mol. The third-order valence-corrected chi connectivity index (χ3v) is 3.36. The molecule has 0 aromatic carbocycles. The zero-order chi connectivity index (χ0) is 15.8. The van der Waals surface area contributed by atoms with Gasteiger partial charge in [0.05, 0.1) is 6.61 Å². The summed E-state index contributed by atoms with van der Waals surface area (Å²) in [5.41, 5.74) is 4.52. The molecule has 4 unspecified atom stereocenters. The molecule has 4 atom stereocenters. The minimum atomic E-state index is -4.74. The highest BCUT2D eigenvalue weighted by molar-refractivity contribution is 7.46. The van der Waals surface area contributed by atoms with Gasteiger partial charge < -0.3 is 36.6 Å². The van der Waals surface area contributed by atoms with E-state index >= 15 is 0 Å². The molecule has 1 aromatic heterocycles. The highest BCUT2D eigenvalue weighted by atomic mass is 31.2. The largest absolute Gasteiger partial charge is 0.469 e. The number of hydrogen-bond donors (Lipinski definition) is 6. The number of rotatable bonds is 4. The third kappa shape index (κ3) is 4.09. The summed E-state index contributed by atoms with van der Waals surface area (Å²) >= 11 is 0. The molecule has 2 rings (SSSR count). The zero-order valence-corrected chi connectivity index (χ0v) is 12.1. The van der Waals surface area contributed by atoms with Crippen molar-refractivity contribution in [1.29, 1.82) is 0 Å². The maximum Gasteiger partial charge on any atom is 0.469 e. The number of hydrogen-bond acceptors (Lipinski definition) is 9. The number of aromatic nitrogens is 2. The van der Waals surface area contributed by atoms with Crippen LogP contribution in [0.25, 0.3) is 0 Å². The number of phosphoric ester groups is 1. The van der Waals surface area contributed by atoms with Crippen LogP contribution >= 0.6 is 7.82 Å². The van der Waals surface area contributed by atoms with Crippen molar-refractivity contribution in [3.63, 3.8) is 0 Å². The van der Waals surface area contributed by atoms with Gasteiger partial charge in [0.15, 0.2) is 6.23 Å². The number of nitrogens with zero attached hydrogens (tertiary/aromatic N) is 2.